The van der Waals surface area contributed by atoms with Gasteiger partial charge in [0, 0.05) is 11.6 Å². The van der Waals surface area contributed by atoms with Crippen LogP contribution < -0.4 is 10.1 Å². The molecule has 2 nitrogen and oxygen atoms in total. The van der Waals surface area contributed by atoms with Crippen LogP contribution in [-0.2, 0) is 6.54 Å². The Bertz CT molecular complexity index is 596. The number of hydrogen-bond donors (Lipinski definition) is 1. The van der Waals surface area contributed by atoms with Crippen molar-refractivity contribution in [1.29, 1.82) is 0 Å². The maximum Gasteiger partial charge on any atom is 0.263 e. The number of benzene rings is 1. The van der Waals surface area contributed by atoms with Crippen molar-refractivity contribution in [2.24, 2.45) is 0 Å². The van der Waals surface area contributed by atoms with Crippen LogP contribution in [0.2, 0.25) is 10.0 Å². The van der Waals surface area contributed by atoms with E-state index in [0.29, 0.717) is 16.6 Å². The standard InChI is InChI=1S/C10H6Cl2FNOS2/c11-7-3-6(13)2-1-5(7)4-14-9-8(12)10(15)17-16-9/h1-3,14H,4H2. The summed E-state index contributed by atoms with van der Waals surface area (Å²) in [5.41, 5.74) is 0.745. The van der Waals surface area contributed by atoms with Gasteiger partial charge in [0.2, 0.25) is 0 Å². The largest absolute Gasteiger partial charge is 0.371 e. The van der Waals surface area contributed by atoms with E-state index in [-0.39, 0.29) is 15.6 Å². The molecule has 1 N–H and O–H groups in total. The number of rotatable bonds is 3. The monoisotopic (exact) mass is 309 g/mol. The van der Waals surface area contributed by atoms with Gasteiger partial charge < -0.3 is 5.32 Å². The molecule has 0 aliphatic rings. The maximum atomic E-state index is 12.8. The first-order valence-electron chi connectivity index (χ1n) is 4.54. The van der Waals surface area contributed by atoms with Crippen LogP contribution in [0.25, 0.3) is 0 Å². The molecule has 1 aromatic carbocycles. The zero-order chi connectivity index (χ0) is 12.4. The Morgan fingerprint density at radius 2 is 2.06 bits per heavy atom. The molecular weight excluding hydrogens is 304 g/mol. The van der Waals surface area contributed by atoms with Gasteiger partial charge in [-0.15, -0.1) is 0 Å². The van der Waals surface area contributed by atoms with Gasteiger partial charge in [0.15, 0.2) is 0 Å². The summed E-state index contributed by atoms with van der Waals surface area (Å²) >= 11 is 11.7. The van der Waals surface area contributed by atoms with Gasteiger partial charge in [0.05, 0.1) is 0 Å². The molecule has 0 aliphatic heterocycles. The zero-order valence-electron chi connectivity index (χ0n) is 8.30. The highest BCUT2D eigenvalue weighted by molar-refractivity contribution is 7.70. The molecular formula is C10H6Cl2FNOS2. The Hall–Kier alpha value is -0.620. The molecule has 17 heavy (non-hydrogen) atoms. The highest BCUT2D eigenvalue weighted by atomic mass is 35.5. The molecule has 1 aromatic heterocycles. The zero-order valence-corrected chi connectivity index (χ0v) is 11.4. The van der Waals surface area contributed by atoms with Crippen LogP contribution in [-0.4, -0.2) is 0 Å². The molecule has 0 saturated carbocycles. The SMILES string of the molecule is O=c1ssc(NCc2ccc(F)cc2Cl)c1Cl. The summed E-state index contributed by atoms with van der Waals surface area (Å²) in [4.78, 5) is 11.1. The van der Waals surface area contributed by atoms with Gasteiger partial charge >= 0.3 is 0 Å². The van der Waals surface area contributed by atoms with Crippen LogP contribution in [0.4, 0.5) is 9.39 Å². The van der Waals surface area contributed by atoms with Gasteiger partial charge in [0.1, 0.15) is 15.8 Å². The molecule has 0 fully saturated rings. The van der Waals surface area contributed by atoms with Crippen LogP contribution in [0.5, 0.6) is 0 Å². The Kier molecular flexibility index (Phi) is 4.04. The second-order valence-electron chi connectivity index (χ2n) is 3.19. The van der Waals surface area contributed by atoms with Gasteiger partial charge in [-0.3, -0.25) is 4.79 Å². The topological polar surface area (TPSA) is 29.1 Å². The van der Waals surface area contributed by atoms with E-state index in [1.54, 1.807) is 6.07 Å². The van der Waals surface area contributed by atoms with E-state index < -0.39 is 0 Å². The lowest BCUT2D eigenvalue weighted by Gasteiger charge is -2.06. The van der Waals surface area contributed by atoms with Crippen molar-refractivity contribution in [3.05, 3.63) is 49.2 Å². The number of hydrogen-bond acceptors (Lipinski definition) is 4. The Balaban J connectivity index is 2.12. The van der Waals surface area contributed by atoms with E-state index in [9.17, 15) is 9.18 Å². The Morgan fingerprint density at radius 1 is 1.29 bits per heavy atom. The van der Waals surface area contributed by atoms with E-state index in [1.807, 2.05) is 0 Å². The van der Waals surface area contributed by atoms with Gasteiger partial charge in [0.25, 0.3) is 4.74 Å². The molecule has 90 valence electrons. The van der Waals surface area contributed by atoms with Crippen molar-refractivity contribution in [3.8, 4) is 0 Å². The first-order valence-corrected chi connectivity index (χ1v) is 7.45. The highest BCUT2D eigenvalue weighted by Gasteiger charge is 2.08. The van der Waals surface area contributed by atoms with Gasteiger partial charge in [-0.1, -0.05) is 39.6 Å². The number of nitrogens with one attached hydrogen (secondary N) is 1. The molecule has 0 aliphatic carbocycles. The Labute approximate surface area is 114 Å². The third-order valence-electron chi connectivity index (χ3n) is 2.03. The van der Waals surface area contributed by atoms with Gasteiger partial charge in [-0.2, -0.15) is 0 Å². The van der Waals surface area contributed by atoms with Crippen molar-refractivity contribution in [2.45, 2.75) is 6.54 Å². The predicted molar refractivity (Wildman–Crippen MR) is 72.2 cm³/mol. The lowest BCUT2D eigenvalue weighted by molar-refractivity contribution is 0.627. The molecule has 0 amide bonds. The first-order chi connectivity index (χ1) is 8.08. The molecule has 2 aromatic rings. The lowest BCUT2D eigenvalue weighted by Crippen LogP contribution is -2.00. The summed E-state index contributed by atoms with van der Waals surface area (Å²) in [6, 6.07) is 4.17. The fourth-order valence-electron chi connectivity index (χ4n) is 1.19. The highest BCUT2D eigenvalue weighted by Crippen LogP contribution is 2.28. The van der Waals surface area contributed by atoms with Crippen LogP contribution in [0.15, 0.2) is 23.0 Å². The van der Waals surface area contributed by atoms with E-state index in [0.717, 1.165) is 15.9 Å². The average Bonchev–Trinajstić information content (AvgIpc) is 2.59. The lowest BCUT2D eigenvalue weighted by atomic mass is 10.2. The summed E-state index contributed by atoms with van der Waals surface area (Å²) in [6.07, 6.45) is 0. The van der Waals surface area contributed by atoms with Crippen molar-refractivity contribution >= 4 is 48.9 Å². The summed E-state index contributed by atoms with van der Waals surface area (Å²) < 4.78 is 12.7. The second kappa shape index (κ2) is 5.35. The minimum Gasteiger partial charge on any atom is -0.371 e. The van der Waals surface area contributed by atoms with Crippen LogP contribution in [0, 0.1) is 5.82 Å². The second-order valence-corrected chi connectivity index (χ2v) is 6.08. The molecule has 2 rings (SSSR count). The summed E-state index contributed by atoms with van der Waals surface area (Å²) in [5.74, 6) is -0.378. The fraction of sp³-hybridized carbons (Fsp3) is 0.100. The molecule has 0 atom stereocenters. The maximum absolute atomic E-state index is 12.8. The molecule has 0 radical (unpaired) electrons. The molecule has 0 unspecified atom stereocenters. The number of anilines is 1. The summed E-state index contributed by atoms with van der Waals surface area (Å²) in [7, 11) is 2.34. The van der Waals surface area contributed by atoms with Crippen molar-refractivity contribution in [2.75, 3.05) is 5.32 Å². The Morgan fingerprint density at radius 3 is 2.65 bits per heavy atom. The molecule has 7 heteroatoms. The number of halogens is 3. The van der Waals surface area contributed by atoms with Crippen molar-refractivity contribution in [1.82, 2.24) is 0 Å². The minimum absolute atomic E-state index is 0.163. The third-order valence-corrected chi connectivity index (χ3v) is 5.13. The summed E-state index contributed by atoms with van der Waals surface area (Å²) in [5, 5.41) is 4.15. The molecule has 0 saturated heterocycles. The predicted octanol–water partition coefficient (Wildman–Crippen LogP) is 4.23. The smallest absolute Gasteiger partial charge is 0.263 e. The van der Waals surface area contributed by atoms with E-state index in [1.165, 1.54) is 22.5 Å². The van der Waals surface area contributed by atoms with Gasteiger partial charge in [-0.05, 0) is 28.0 Å². The van der Waals surface area contributed by atoms with E-state index in [4.69, 9.17) is 23.2 Å². The average molecular weight is 310 g/mol. The van der Waals surface area contributed by atoms with Crippen molar-refractivity contribution < 1.29 is 4.39 Å². The van der Waals surface area contributed by atoms with E-state index >= 15 is 0 Å². The van der Waals surface area contributed by atoms with Gasteiger partial charge in [-0.25, -0.2) is 4.39 Å². The molecule has 0 bridgehead atoms. The molecule has 0 spiro atoms. The van der Waals surface area contributed by atoms with E-state index in [2.05, 4.69) is 5.32 Å². The van der Waals surface area contributed by atoms with Crippen molar-refractivity contribution in [3.63, 3.8) is 0 Å². The quantitative estimate of drug-likeness (QED) is 0.860. The minimum atomic E-state index is -0.378. The first kappa shape index (κ1) is 12.8. The summed E-state index contributed by atoms with van der Waals surface area (Å²) in [6.45, 7) is 0.394. The fourth-order valence-corrected chi connectivity index (χ4v) is 3.85. The van der Waals surface area contributed by atoms with Crippen LogP contribution in [0.1, 0.15) is 5.56 Å². The normalized spacial score (nSPS) is 10.5. The third kappa shape index (κ3) is 2.98. The van der Waals surface area contributed by atoms with Crippen LogP contribution >= 0.6 is 43.9 Å². The molecule has 1 heterocycles. The van der Waals surface area contributed by atoms with Crippen LogP contribution in [0.3, 0.4) is 0 Å².